The summed E-state index contributed by atoms with van der Waals surface area (Å²) in [6, 6.07) is 80.5. The molecule has 5 heterocycles. The number of rotatable bonds is 18. The lowest BCUT2D eigenvalue weighted by Crippen LogP contribution is -2.48. The number of nitrogens with zero attached hydrogens (tertiary/aromatic N) is 6. The summed E-state index contributed by atoms with van der Waals surface area (Å²) in [4.78, 5) is 131. The number of primary amides is 1. The lowest BCUT2D eigenvalue weighted by Gasteiger charge is -2.32. The number of benzene rings is 12. The van der Waals surface area contributed by atoms with Gasteiger partial charge in [-0.15, -0.1) is 0 Å². The number of fused-ring (bicyclic) bond motifs is 4. The van der Waals surface area contributed by atoms with E-state index in [1.54, 1.807) is 139 Å². The fraction of sp³-hybridized carbons (Fsp3) is 0.0971. The molecule has 1 saturated heterocycles. The van der Waals surface area contributed by atoms with E-state index in [2.05, 4.69) is 67.4 Å². The van der Waals surface area contributed by atoms with Crippen molar-refractivity contribution < 1.29 is 47.9 Å². The molecule has 1 aliphatic rings. The third kappa shape index (κ3) is 23.9. The summed E-state index contributed by atoms with van der Waals surface area (Å²) in [5.74, 6) is -2.59. The molecule has 1 fully saturated rings. The Kier molecular flexibility index (Phi) is 30.9. The molecule has 16 aromatic rings. The molecule has 672 valence electrons. The molecule has 0 unspecified atom stereocenters. The van der Waals surface area contributed by atoms with Crippen LogP contribution in [0.2, 0.25) is 30.1 Å². The average Bonchev–Trinajstić information content (AvgIpc) is 0.800. The van der Waals surface area contributed by atoms with Gasteiger partial charge in [0.25, 0.3) is 29.5 Å². The number of hydrogen-bond donors (Lipinski definition) is 9. The van der Waals surface area contributed by atoms with E-state index >= 15 is 0 Å². The van der Waals surface area contributed by atoms with E-state index in [9.17, 15) is 43.2 Å². The number of nitrogens with two attached hydrogens (primary N) is 1. The molecule has 31 heteroatoms. The Morgan fingerprint density at radius 2 is 0.664 bits per heavy atom. The molecule has 134 heavy (non-hydrogen) atoms. The summed E-state index contributed by atoms with van der Waals surface area (Å²) in [7, 11) is 2.05. The predicted octanol–water partition coefficient (Wildman–Crippen LogP) is 24.0. The highest BCUT2D eigenvalue weighted by molar-refractivity contribution is 6.37. The lowest BCUT2D eigenvalue weighted by atomic mass is 10.0. The second kappa shape index (κ2) is 43.7. The Morgan fingerprint density at radius 3 is 1.01 bits per heavy atom. The summed E-state index contributed by atoms with van der Waals surface area (Å²) in [5.41, 5.74) is 17.4. The van der Waals surface area contributed by atoms with Crippen molar-refractivity contribution in [2.75, 3.05) is 75.8 Å². The van der Waals surface area contributed by atoms with Crippen LogP contribution >= 0.6 is 69.6 Å². The van der Waals surface area contributed by atoms with E-state index in [0.29, 0.717) is 107 Å². The zero-order chi connectivity index (χ0) is 94.8. The van der Waals surface area contributed by atoms with Crippen LogP contribution in [-0.2, 0) is 19.1 Å². The Bertz CT molecular complexity index is 7020. The van der Waals surface area contributed by atoms with Gasteiger partial charge in [0, 0.05) is 165 Å². The minimum absolute atomic E-state index is 0.129. The quantitative estimate of drug-likeness (QED) is 0.0361. The van der Waals surface area contributed by atoms with Crippen LogP contribution < -0.4 is 48.3 Å². The number of amides is 10. The highest BCUT2D eigenvalue weighted by Gasteiger charge is 2.24. The molecule has 10 amide bonds. The first-order valence-electron chi connectivity index (χ1n) is 41.7. The molecule has 0 saturated carbocycles. The molecule has 1 atom stereocenters. The van der Waals surface area contributed by atoms with Gasteiger partial charge in [0.05, 0.1) is 64.0 Å². The number of piperazine rings is 1. The predicted molar refractivity (Wildman–Crippen MR) is 537 cm³/mol. The number of urea groups is 2. The van der Waals surface area contributed by atoms with Crippen molar-refractivity contribution in [3.8, 4) is 45.0 Å². The number of hydrogen-bond acceptors (Lipinski definition) is 15. The standard InChI is InChI=1S/C28H26ClN5O2.C27H21Cl2N3O4.C25H20ClN3O2.C23H16Cl2N4O2/c1-33-14-16-34(17-15-33)28(36)32-21-8-6-20(7-9-21)27(35)31-22-10-11-25(29)24(18-22)26-23-5-3-2-4-19(23)12-13-30-26;1-15(36-16(2)33)26(34)31-19-7-9-21(24(29)14-19)27(35)32-18-8-10-23(28)22(13-18)25-20-6-4-3-5-17(20)11-12-30-25;1-15-13-18(28-16(2)30)7-9-20(15)25(31)29-19-8-10-23(26)22(14-19)24-21-6-4-3-5-17(21)11-12-27-24;24-19-8-6-14(11-18(19)21-16-4-2-1-3-13(16)9-10-27-21)28-22(30)17-7-5-15(12-20(17)25)29-23(26)31/h2-13,18H,14-17H2,1H3,(H,31,35)(H,32,36);3-15H,1-2H3,(H,31,34)(H,32,35);3-14H,1-2H3,(H,28,30)(H,29,31);1-12H,(H,28,30)(H3,26,29,31)/t;15-;;/m.1../s1. The molecule has 0 radical (unpaired) electrons. The minimum Gasteiger partial charge on any atom is -0.453 e. The van der Waals surface area contributed by atoms with Gasteiger partial charge in [-0.3, -0.25) is 53.5 Å². The first-order chi connectivity index (χ1) is 64.5. The fourth-order valence-corrected chi connectivity index (χ4v) is 16.0. The second-order valence-electron chi connectivity index (χ2n) is 30.7. The average molecular weight is 1900 g/mol. The third-order valence-corrected chi connectivity index (χ3v) is 23.2. The highest BCUT2D eigenvalue weighted by atomic mass is 35.5. The summed E-state index contributed by atoms with van der Waals surface area (Å²) < 4.78 is 4.85. The molecule has 0 spiro atoms. The van der Waals surface area contributed by atoms with Crippen molar-refractivity contribution >= 4 is 212 Å². The lowest BCUT2D eigenvalue weighted by molar-refractivity contribution is -0.150. The smallest absolute Gasteiger partial charge is 0.321 e. The monoisotopic (exact) mass is 1900 g/mol. The zero-order valence-corrected chi connectivity index (χ0v) is 76.8. The molecule has 17 rings (SSSR count). The highest BCUT2D eigenvalue weighted by Crippen LogP contribution is 2.40. The van der Waals surface area contributed by atoms with Crippen LogP contribution in [-0.4, -0.2) is 123 Å². The van der Waals surface area contributed by atoms with Gasteiger partial charge in [0.2, 0.25) is 5.91 Å². The normalized spacial score (nSPS) is 11.8. The van der Waals surface area contributed by atoms with E-state index in [1.165, 1.54) is 51.1 Å². The van der Waals surface area contributed by atoms with Crippen LogP contribution in [0.3, 0.4) is 0 Å². The Labute approximate surface area is 799 Å². The van der Waals surface area contributed by atoms with Gasteiger partial charge in [-0.1, -0.05) is 167 Å². The van der Waals surface area contributed by atoms with Gasteiger partial charge in [-0.25, -0.2) is 9.59 Å². The Balaban J connectivity index is 0.000000144. The SMILES string of the molecule is CC(=O)Nc1ccc(C(=O)Nc2ccc(Cl)c(-c3nccc4ccccc34)c2)c(C)c1.CC(=O)O[C@H](C)C(=O)Nc1ccc(C(=O)Nc2ccc(Cl)c(-c3nccc4ccccc34)c2)c(Cl)c1.CN1CCN(C(=O)Nc2ccc(C(=O)Nc3ccc(Cl)c(-c4nccc5ccccc45)c3)cc2)CC1.NC(=O)Nc1ccc(C(=O)Nc2ccc(Cl)c(-c3nccc4ccccc34)c2)c(Cl)c1. The largest absolute Gasteiger partial charge is 0.453 e. The number of aryl methyl sites for hydroxylation is 1. The maximum absolute atomic E-state index is 13.0. The van der Waals surface area contributed by atoms with Crippen molar-refractivity contribution in [2.45, 2.75) is 33.8 Å². The molecule has 4 aromatic heterocycles. The maximum Gasteiger partial charge on any atom is 0.321 e. The third-order valence-electron chi connectivity index (χ3n) is 21.3. The van der Waals surface area contributed by atoms with Crippen molar-refractivity contribution in [1.82, 2.24) is 29.7 Å². The molecule has 12 aromatic carbocycles. The Hall–Kier alpha value is -15.2. The van der Waals surface area contributed by atoms with E-state index in [1.807, 2.05) is 147 Å². The zero-order valence-electron chi connectivity index (χ0n) is 72.3. The number of ether oxygens (including phenoxy) is 1. The number of carbonyl (C=O) groups is 9. The number of anilines is 8. The number of likely N-dealkylation sites (N-methyl/N-ethyl adjacent to an activating group) is 1. The Morgan fingerprint density at radius 1 is 0.343 bits per heavy atom. The molecule has 10 N–H and O–H groups in total. The van der Waals surface area contributed by atoms with E-state index < -0.39 is 35.8 Å². The maximum atomic E-state index is 13.0. The minimum atomic E-state index is -0.973. The molecular formula is C103H83Cl6N15O10. The van der Waals surface area contributed by atoms with Gasteiger partial charge < -0.3 is 62.8 Å². The van der Waals surface area contributed by atoms with Gasteiger partial charge >= 0.3 is 18.0 Å². The topological polar surface area (TPSA) is 343 Å². The van der Waals surface area contributed by atoms with Gasteiger partial charge in [0.15, 0.2) is 6.10 Å². The second-order valence-corrected chi connectivity index (χ2v) is 33.2. The van der Waals surface area contributed by atoms with Crippen LogP contribution in [0.15, 0.2) is 298 Å². The molecule has 1 aliphatic heterocycles. The summed E-state index contributed by atoms with van der Waals surface area (Å²) in [5, 5.41) is 32.6. The van der Waals surface area contributed by atoms with Crippen molar-refractivity contribution in [2.24, 2.45) is 5.73 Å². The van der Waals surface area contributed by atoms with Gasteiger partial charge in [-0.2, -0.15) is 0 Å². The number of nitrogens with one attached hydrogen (secondary N) is 8. The molecule has 0 aliphatic carbocycles. The summed E-state index contributed by atoms with van der Waals surface area (Å²) >= 11 is 38.5. The molecule has 0 bridgehead atoms. The van der Waals surface area contributed by atoms with Crippen molar-refractivity contribution in [1.29, 1.82) is 0 Å². The van der Waals surface area contributed by atoms with Crippen LogP contribution in [0.4, 0.5) is 55.1 Å². The van der Waals surface area contributed by atoms with E-state index in [-0.39, 0.29) is 44.9 Å². The first-order valence-corrected chi connectivity index (χ1v) is 44.0. The number of pyridine rings is 4. The van der Waals surface area contributed by atoms with Crippen LogP contribution in [0.5, 0.6) is 0 Å². The first kappa shape index (κ1) is 94.9. The molecule has 25 nitrogen and oxygen atoms in total. The number of esters is 1. The van der Waals surface area contributed by atoms with E-state index in [0.717, 1.165) is 90.0 Å². The van der Waals surface area contributed by atoms with Gasteiger partial charge in [0.1, 0.15) is 0 Å². The van der Waals surface area contributed by atoms with E-state index in [4.69, 9.17) is 80.1 Å². The summed E-state index contributed by atoms with van der Waals surface area (Å²) in [6.45, 7) is 9.04. The summed E-state index contributed by atoms with van der Waals surface area (Å²) in [6.07, 6.45) is 5.97. The number of aromatic nitrogens is 4. The fourth-order valence-electron chi connectivity index (χ4n) is 14.6. The van der Waals surface area contributed by atoms with Crippen LogP contribution in [0.25, 0.3) is 88.1 Å². The van der Waals surface area contributed by atoms with Gasteiger partial charge in [-0.05, 0) is 224 Å². The van der Waals surface area contributed by atoms with Crippen LogP contribution in [0, 0.1) is 6.92 Å². The molecular weight excluding hydrogens is 1820 g/mol. The number of carbonyl (C=O) groups excluding carboxylic acids is 9. The number of halogens is 6. The van der Waals surface area contributed by atoms with Crippen molar-refractivity contribution in [3.63, 3.8) is 0 Å². The van der Waals surface area contributed by atoms with Crippen LogP contribution in [0.1, 0.15) is 67.8 Å². The van der Waals surface area contributed by atoms with Crippen molar-refractivity contribution in [3.05, 3.63) is 356 Å².